The maximum Gasteiger partial charge on any atom is 0.269 e. The third kappa shape index (κ3) is 3.75. The first-order valence-corrected chi connectivity index (χ1v) is 7.42. The molecule has 7 nitrogen and oxygen atoms in total. The third-order valence-corrected chi connectivity index (χ3v) is 3.32. The Morgan fingerprint density at radius 2 is 2.00 bits per heavy atom. The highest BCUT2D eigenvalue weighted by atomic mass is 16.5. The van der Waals surface area contributed by atoms with Crippen molar-refractivity contribution in [1.29, 1.82) is 0 Å². The molecule has 7 heteroatoms. The van der Waals surface area contributed by atoms with Crippen molar-refractivity contribution in [3.05, 3.63) is 60.2 Å². The van der Waals surface area contributed by atoms with E-state index >= 15 is 0 Å². The fourth-order valence-corrected chi connectivity index (χ4v) is 2.06. The summed E-state index contributed by atoms with van der Waals surface area (Å²) in [6.07, 6.45) is 1.95. The van der Waals surface area contributed by atoms with Crippen LogP contribution in [-0.4, -0.2) is 34.7 Å². The number of benzene rings is 1. The Labute approximate surface area is 138 Å². The number of rotatable bonds is 6. The second-order valence-electron chi connectivity index (χ2n) is 4.96. The molecule has 122 valence electrons. The number of carbonyl (C=O) groups is 1. The van der Waals surface area contributed by atoms with E-state index in [9.17, 15) is 4.79 Å². The Morgan fingerprint density at radius 3 is 2.71 bits per heavy atom. The molecule has 0 aliphatic carbocycles. The van der Waals surface area contributed by atoms with Gasteiger partial charge in [-0.2, -0.15) is 0 Å². The number of ether oxygens (including phenoxy) is 1. The number of carbonyl (C=O) groups excluding carboxylic acids is 1. The number of aromatic nitrogens is 3. The van der Waals surface area contributed by atoms with Crippen LogP contribution in [0.15, 0.2) is 53.1 Å². The van der Waals surface area contributed by atoms with Gasteiger partial charge in [-0.3, -0.25) is 4.79 Å². The van der Waals surface area contributed by atoms with Crippen molar-refractivity contribution < 1.29 is 13.9 Å². The molecular formula is C17H16N4O3. The lowest BCUT2D eigenvalue weighted by Gasteiger charge is -2.03. The molecule has 0 bridgehead atoms. The van der Waals surface area contributed by atoms with Gasteiger partial charge in [0.15, 0.2) is 0 Å². The van der Waals surface area contributed by atoms with Crippen molar-refractivity contribution in [1.82, 2.24) is 20.5 Å². The van der Waals surface area contributed by atoms with E-state index in [0.29, 0.717) is 36.2 Å². The monoisotopic (exact) mass is 324 g/mol. The number of amides is 1. The van der Waals surface area contributed by atoms with Crippen molar-refractivity contribution >= 4 is 5.91 Å². The Hall–Kier alpha value is -3.22. The fourth-order valence-electron chi connectivity index (χ4n) is 2.06. The molecule has 3 rings (SSSR count). The van der Waals surface area contributed by atoms with E-state index in [-0.39, 0.29) is 5.91 Å². The summed E-state index contributed by atoms with van der Waals surface area (Å²) in [6, 6.07) is 12.8. The van der Waals surface area contributed by atoms with Crippen molar-refractivity contribution in [3.8, 4) is 17.2 Å². The fraction of sp³-hybridized carbons (Fsp3) is 0.176. The summed E-state index contributed by atoms with van der Waals surface area (Å²) in [7, 11) is 1.55. The quantitative estimate of drug-likeness (QED) is 0.747. The minimum atomic E-state index is -0.263. The smallest absolute Gasteiger partial charge is 0.269 e. The van der Waals surface area contributed by atoms with Crippen molar-refractivity contribution in [2.24, 2.45) is 0 Å². The van der Waals surface area contributed by atoms with Gasteiger partial charge in [-0.1, -0.05) is 18.2 Å². The molecule has 0 atom stereocenters. The summed E-state index contributed by atoms with van der Waals surface area (Å²) in [4.78, 5) is 16.0. The van der Waals surface area contributed by atoms with Gasteiger partial charge < -0.3 is 14.5 Å². The Bertz CT molecular complexity index is 800. The van der Waals surface area contributed by atoms with Crippen LogP contribution in [0, 0.1) is 0 Å². The van der Waals surface area contributed by atoms with Crippen LogP contribution in [0.25, 0.3) is 11.5 Å². The molecule has 1 N–H and O–H groups in total. The Morgan fingerprint density at radius 1 is 1.17 bits per heavy atom. The average Bonchev–Trinajstić information content (AvgIpc) is 3.11. The third-order valence-electron chi connectivity index (χ3n) is 3.32. The van der Waals surface area contributed by atoms with Crippen LogP contribution in [0.3, 0.4) is 0 Å². The van der Waals surface area contributed by atoms with Gasteiger partial charge in [0, 0.05) is 18.5 Å². The zero-order chi connectivity index (χ0) is 16.8. The van der Waals surface area contributed by atoms with Crippen molar-refractivity contribution in [2.75, 3.05) is 13.7 Å². The molecule has 0 fully saturated rings. The number of pyridine rings is 1. The number of nitrogens with zero attached hydrogens (tertiary/aromatic N) is 3. The van der Waals surface area contributed by atoms with Crippen LogP contribution in [0.5, 0.6) is 5.75 Å². The summed E-state index contributed by atoms with van der Waals surface area (Å²) >= 11 is 0. The van der Waals surface area contributed by atoms with E-state index in [1.165, 1.54) is 6.20 Å². The lowest BCUT2D eigenvalue weighted by molar-refractivity contribution is 0.0948. The zero-order valence-electron chi connectivity index (χ0n) is 13.1. The summed E-state index contributed by atoms with van der Waals surface area (Å²) < 4.78 is 10.6. The number of hydrogen-bond acceptors (Lipinski definition) is 6. The summed E-state index contributed by atoms with van der Waals surface area (Å²) in [5.41, 5.74) is 1.19. The van der Waals surface area contributed by atoms with E-state index in [1.54, 1.807) is 19.2 Å². The topological polar surface area (TPSA) is 90.1 Å². The van der Waals surface area contributed by atoms with Gasteiger partial charge in [0.1, 0.15) is 11.4 Å². The summed E-state index contributed by atoms with van der Waals surface area (Å²) in [5.74, 6) is 1.27. The van der Waals surface area contributed by atoms with Gasteiger partial charge in [0.2, 0.25) is 11.8 Å². The second kappa shape index (κ2) is 7.36. The largest absolute Gasteiger partial charge is 0.495 e. The normalized spacial score (nSPS) is 10.4. The van der Waals surface area contributed by atoms with E-state index in [4.69, 9.17) is 9.15 Å². The van der Waals surface area contributed by atoms with Crippen LogP contribution < -0.4 is 10.1 Å². The second-order valence-corrected chi connectivity index (χ2v) is 4.96. The molecule has 1 amide bonds. The lowest BCUT2D eigenvalue weighted by atomic mass is 10.2. The van der Waals surface area contributed by atoms with Crippen LogP contribution in [-0.2, 0) is 6.42 Å². The molecule has 1 aromatic carbocycles. The molecule has 0 aliphatic heterocycles. The number of nitrogens with one attached hydrogen (secondary N) is 1. The summed E-state index contributed by atoms with van der Waals surface area (Å²) in [6.45, 7) is 0.378. The molecule has 0 unspecified atom stereocenters. The Kier molecular flexibility index (Phi) is 4.81. The molecule has 0 aliphatic rings. The SMILES string of the molecule is COc1ccc(C(=O)NCCc2nnc(-c3ccccc3)o2)nc1. The predicted molar refractivity (Wildman–Crippen MR) is 86.6 cm³/mol. The average molecular weight is 324 g/mol. The standard InChI is InChI=1S/C17H16N4O3/c1-23-13-7-8-14(19-11-13)16(22)18-10-9-15-20-21-17(24-15)12-5-3-2-4-6-12/h2-8,11H,9-10H2,1H3,(H,18,22). The molecule has 24 heavy (non-hydrogen) atoms. The van der Waals surface area contributed by atoms with Crippen molar-refractivity contribution in [2.45, 2.75) is 6.42 Å². The first kappa shape index (κ1) is 15.7. The molecular weight excluding hydrogens is 308 g/mol. The van der Waals surface area contributed by atoms with E-state index in [1.807, 2.05) is 30.3 Å². The van der Waals surface area contributed by atoms with Crippen LogP contribution in [0.1, 0.15) is 16.4 Å². The first-order chi connectivity index (χ1) is 11.8. The molecule has 0 spiro atoms. The van der Waals surface area contributed by atoms with Crippen molar-refractivity contribution in [3.63, 3.8) is 0 Å². The van der Waals surface area contributed by atoms with Gasteiger partial charge in [-0.15, -0.1) is 10.2 Å². The number of methoxy groups -OCH3 is 1. The minimum Gasteiger partial charge on any atom is -0.495 e. The van der Waals surface area contributed by atoms with Gasteiger partial charge in [0.05, 0.1) is 13.3 Å². The van der Waals surface area contributed by atoms with Gasteiger partial charge in [-0.25, -0.2) is 4.98 Å². The molecule has 0 saturated heterocycles. The lowest BCUT2D eigenvalue weighted by Crippen LogP contribution is -2.26. The zero-order valence-corrected chi connectivity index (χ0v) is 13.1. The van der Waals surface area contributed by atoms with E-state index < -0.39 is 0 Å². The van der Waals surface area contributed by atoms with Crippen LogP contribution in [0.2, 0.25) is 0 Å². The highest BCUT2D eigenvalue weighted by Crippen LogP contribution is 2.16. The highest BCUT2D eigenvalue weighted by Gasteiger charge is 2.10. The van der Waals surface area contributed by atoms with Gasteiger partial charge in [0.25, 0.3) is 5.91 Å². The summed E-state index contributed by atoms with van der Waals surface area (Å²) in [5, 5.41) is 10.8. The molecule has 0 saturated carbocycles. The van der Waals surface area contributed by atoms with E-state index in [2.05, 4.69) is 20.5 Å². The predicted octanol–water partition coefficient (Wildman–Crippen LogP) is 2.11. The van der Waals surface area contributed by atoms with E-state index in [0.717, 1.165) is 5.56 Å². The molecule has 2 heterocycles. The maximum absolute atomic E-state index is 12.0. The maximum atomic E-state index is 12.0. The first-order valence-electron chi connectivity index (χ1n) is 7.42. The molecule has 0 radical (unpaired) electrons. The molecule has 2 aromatic heterocycles. The number of hydrogen-bond donors (Lipinski definition) is 1. The Balaban J connectivity index is 1.53. The molecule has 3 aromatic rings. The van der Waals surface area contributed by atoms with Gasteiger partial charge in [-0.05, 0) is 24.3 Å². The van der Waals surface area contributed by atoms with Crippen LogP contribution in [0.4, 0.5) is 0 Å². The highest BCUT2D eigenvalue weighted by molar-refractivity contribution is 5.92. The van der Waals surface area contributed by atoms with Gasteiger partial charge >= 0.3 is 0 Å². The van der Waals surface area contributed by atoms with Crippen LogP contribution >= 0.6 is 0 Å². The minimum absolute atomic E-state index is 0.263.